The molecule has 0 bridgehead atoms. The van der Waals surface area contributed by atoms with Crippen molar-refractivity contribution in [3.8, 4) is 0 Å². The molecule has 2 rings (SSSR count). The first kappa shape index (κ1) is 14.7. The maximum Gasteiger partial charge on any atom is 0.275 e. The molecule has 0 spiro atoms. The van der Waals surface area contributed by atoms with Gasteiger partial charge < -0.3 is 10.7 Å². The predicted octanol–water partition coefficient (Wildman–Crippen LogP) is 2.74. The number of aromatic nitrogens is 2. The number of amides is 1. The first-order valence-electron chi connectivity index (χ1n) is 5.57. The summed E-state index contributed by atoms with van der Waals surface area (Å²) in [5.41, 5.74) is 3.98. The second-order valence-corrected chi connectivity index (χ2v) is 5.23. The number of halogens is 2. The molecule has 6 nitrogen and oxygen atoms in total. The van der Waals surface area contributed by atoms with Crippen LogP contribution in [-0.4, -0.2) is 15.9 Å². The SMILES string of the molecule is Cc1cc(Br)c(NC(=O)c2cnc(NN)cn2)cc1Cl. The third-order valence-corrected chi connectivity index (χ3v) is 3.59. The van der Waals surface area contributed by atoms with E-state index in [4.69, 9.17) is 17.4 Å². The molecule has 2 aromatic rings. The van der Waals surface area contributed by atoms with Crippen LogP contribution in [0.2, 0.25) is 5.02 Å². The molecule has 8 heteroatoms. The summed E-state index contributed by atoms with van der Waals surface area (Å²) in [6.07, 6.45) is 2.69. The highest BCUT2D eigenvalue weighted by Crippen LogP contribution is 2.29. The van der Waals surface area contributed by atoms with E-state index in [9.17, 15) is 4.79 Å². The third kappa shape index (κ3) is 3.24. The van der Waals surface area contributed by atoms with Gasteiger partial charge in [-0.15, -0.1) is 0 Å². The highest BCUT2D eigenvalue weighted by Gasteiger charge is 2.11. The maximum absolute atomic E-state index is 12.0. The molecule has 1 aromatic carbocycles. The van der Waals surface area contributed by atoms with Crippen LogP contribution in [0, 0.1) is 6.92 Å². The van der Waals surface area contributed by atoms with E-state index in [0.29, 0.717) is 16.5 Å². The molecule has 0 saturated carbocycles. The van der Waals surface area contributed by atoms with Crippen LogP contribution in [0.1, 0.15) is 16.1 Å². The summed E-state index contributed by atoms with van der Waals surface area (Å²) in [5, 5.41) is 3.27. The van der Waals surface area contributed by atoms with E-state index in [1.54, 1.807) is 6.07 Å². The molecule has 0 unspecified atom stereocenters. The van der Waals surface area contributed by atoms with Crippen LogP contribution in [-0.2, 0) is 0 Å². The molecule has 0 atom stereocenters. The molecule has 1 heterocycles. The van der Waals surface area contributed by atoms with Crippen molar-refractivity contribution in [1.82, 2.24) is 9.97 Å². The van der Waals surface area contributed by atoms with Gasteiger partial charge in [-0.2, -0.15) is 0 Å². The Morgan fingerprint density at radius 1 is 1.35 bits per heavy atom. The summed E-state index contributed by atoms with van der Waals surface area (Å²) in [7, 11) is 0. The summed E-state index contributed by atoms with van der Waals surface area (Å²) in [4.78, 5) is 19.9. The smallest absolute Gasteiger partial charge is 0.275 e. The Morgan fingerprint density at radius 2 is 2.10 bits per heavy atom. The van der Waals surface area contributed by atoms with Gasteiger partial charge in [0.25, 0.3) is 5.91 Å². The van der Waals surface area contributed by atoms with Gasteiger partial charge in [0, 0.05) is 9.50 Å². The molecule has 1 amide bonds. The van der Waals surface area contributed by atoms with Gasteiger partial charge in [0.1, 0.15) is 5.69 Å². The van der Waals surface area contributed by atoms with Crippen molar-refractivity contribution in [3.63, 3.8) is 0 Å². The number of hydrogen-bond donors (Lipinski definition) is 3. The Bertz CT molecular complexity index is 647. The van der Waals surface area contributed by atoms with Crippen LogP contribution in [0.3, 0.4) is 0 Å². The van der Waals surface area contributed by atoms with Gasteiger partial charge in [-0.25, -0.2) is 15.8 Å². The van der Waals surface area contributed by atoms with Crippen LogP contribution in [0.5, 0.6) is 0 Å². The summed E-state index contributed by atoms with van der Waals surface area (Å²) in [6.45, 7) is 1.88. The highest BCUT2D eigenvalue weighted by atomic mass is 79.9. The number of hydrazine groups is 1. The molecule has 0 aliphatic carbocycles. The topological polar surface area (TPSA) is 92.9 Å². The van der Waals surface area contributed by atoms with E-state index < -0.39 is 0 Å². The number of nitrogen functional groups attached to an aromatic ring is 1. The van der Waals surface area contributed by atoms with E-state index in [-0.39, 0.29) is 11.6 Å². The van der Waals surface area contributed by atoms with Crippen LogP contribution >= 0.6 is 27.5 Å². The molecule has 1 aromatic heterocycles. The zero-order valence-corrected chi connectivity index (χ0v) is 12.8. The summed E-state index contributed by atoms with van der Waals surface area (Å²) in [6, 6.07) is 3.49. The van der Waals surface area contributed by atoms with E-state index >= 15 is 0 Å². The predicted molar refractivity (Wildman–Crippen MR) is 81.7 cm³/mol. The fourth-order valence-corrected chi connectivity index (χ4v) is 2.17. The lowest BCUT2D eigenvalue weighted by atomic mass is 10.2. The second-order valence-electron chi connectivity index (χ2n) is 3.97. The van der Waals surface area contributed by atoms with Crippen LogP contribution in [0.15, 0.2) is 29.0 Å². The van der Waals surface area contributed by atoms with Crippen molar-refractivity contribution < 1.29 is 4.79 Å². The average molecular weight is 357 g/mol. The zero-order valence-electron chi connectivity index (χ0n) is 10.4. The molecular weight excluding hydrogens is 346 g/mol. The largest absolute Gasteiger partial charge is 0.320 e. The van der Waals surface area contributed by atoms with Crippen molar-refractivity contribution in [3.05, 3.63) is 45.3 Å². The summed E-state index contributed by atoms with van der Waals surface area (Å²) >= 11 is 9.40. The lowest BCUT2D eigenvalue weighted by molar-refractivity contribution is 0.102. The van der Waals surface area contributed by atoms with Gasteiger partial charge in [-0.1, -0.05) is 11.6 Å². The van der Waals surface area contributed by atoms with E-state index in [2.05, 4.69) is 36.6 Å². The van der Waals surface area contributed by atoms with Gasteiger partial charge in [-0.05, 0) is 40.5 Å². The summed E-state index contributed by atoms with van der Waals surface area (Å²) in [5.74, 6) is 5.17. The number of nitrogens with one attached hydrogen (secondary N) is 2. The number of rotatable bonds is 3. The third-order valence-electron chi connectivity index (χ3n) is 2.53. The lowest BCUT2D eigenvalue weighted by Crippen LogP contribution is -2.16. The molecule has 20 heavy (non-hydrogen) atoms. The molecule has 0 fully saturated rings. The molecular formula is C12H11BrClN5O. The molecule has 104 valence electrons. The Balaban J connectivity index is 2.20. The van der Waals surface area contributed by atoms with Gasteiger partial charge in [0.15, 0.2) is 5.82 Å². The minimum Gasteiger partial charge on any atom is -0.320 e. The standard InChI is InChI=1S/C12H11BrClN5O/c1-6-2-7(13)9(3-8(6)14)18-12(20)10-4-17-11(19-15)5-16-10/h2-5H,15H2,1H3,(H,17,19)(H,18,20). The zero-order chi connectivity index (χ0) is 14.7. The van der Waals surface area contributed by atoms with E-state index in [1.165, 1.54) is 12.4 Å². The fourth-order valence-electron chi connectivity index (χ4n) is 1.45. The maximum atomic E-state index is 12.0. The number of anilines is 2. The van der Waals surface area contributed by atoms with Crippen molar-refractivity contribution in [2.45, 2.75) is 6.92 Å². The average Bonchev–Trinajstić information content (AvgIpc) is 2.44. The minimum absolute atomic E-state index is 0.174. The molecule has 0 saturated heterocycles. The van der Waals surface area contributed by atoms with Crippen LogP contribution in [0.25, 0.3) is 0 Å². The number of nitrogens with zero attached hydrogens (tertiary/aromatic N) is 2. The molecule has 0 aliphatic rings. The molecule has 0 radical (unpaired) electrons. The minimum atomic E-state index is -0.387. The van der Waals surface area contributed by atoms with E-state index in [0.717, 1.165) is 10.0 Å². The van der Waals surface area contributed by atoms with Crippen molar-refractivity contribution in [2.24, 2.45) is 5.84 Å². The number of aryl methyl sites for hydroxylation is 1. The van der Waals surface area contributed by atoms with Gasteiger partial charge in [0.05, 0.1) is 18.1 Å². The number of nitrogens with two attached hydrogens (primary N) is 1. The van der Waals surface area contributed by atoms with Crippen molar-refractivity contribution in [2.75, 3.05) is 10.7 Å². The Labute approximate surface area is 128 Å². The number of benzene rings is 1. The number of carbonyl (C=O) groups excluding carboxylic acids is 1. The quantitative estimate of drug-likeness (QED) is 0.581. The monoisotopic (exact) mass is 355 g/mol. The first-order valence-corrected chi connectivity index (χ1v) is 6.74. The van der Waals surface area contributed by atoms with Gasteiger partial charge in [-0.3, -0.25) is 4.79 Å². The van der Waals surface area contributed by atoms with Gasteiger partial charge in [0.2, 0.25) is 0 Å². The first-order chi connectivity index (χ1) is 9.51. The van der Waals surface area contributed by atoms with Crippen molar-refractivity contribution >= 4 is 44.9 Å². The molecule has 0 aliphatic heterocycles. The van der Waals surface area contributed by atoms with Gasteiger partial charge >= 0.3 is 0 Å². The molecule has 4 N–H and O–H groups in total. The van der Waals surface area contributed by atoms with Crippen LogP contribution in [0.4, 0.5) is 11.5 Å². The Morgan fingerprint density at radius 3 is 2.70 bits per heavy atom. The van der Waals surface area contributed by atoms with Crippen molar-refractivity contribution in [1.29, 1.82) is 0 Å². The van der Waals surface area contributed by atoms with Crippen LogP contribution < -0.4 is 16.6 Å². The Kier molecular flexibility index (Phi) is 4.53. The number of hydrogen-bond acceptors (Lipinski definition) is 5. The summed E-state index contributed by atoms with van der Waals surface area (Å²) < 4.78 is 0.737. The normalized spacial score (nSPS) is 10.2. The fraction of sp³-hybridized carbons (Fsp3) is 0.0833. The van der Waals surface area contributed by atoms with E-state index in [1.807, 2.05) is 13.0 Å². The number of carbonyl (C=O) groups is 1. The lowest BCUT2D eigenvalue weighted by Gasteiger charge is -2.09. The Hall–Kier alpha value is -1.70. The highest BCUT2D eigenvalue weighted by molar-refractivity contribution is 9.10. The second kappa shape index (κ2) is 6.17.